The predicted molar refractivity (Wildman–Crippen MR) is 129 cm³/mol. The largest absolute Gasteiger partial charge is 0.495 e. The van der Waals surface area contributed by atoms with E-state index in [4.69, 9.17) is 4.74 Å². The Morgan fingerprint density at radius 2 is 1.81 bits per heavy atom. The number of nitrogens with one attached hydrogen (secondary N) is 2. The molecule has 2 heterocycles. The Kier molecular flexibility index (Phi) is 6.67. The van der Waals surface area contributed by atoms with E-state index < -0.39 is 0 Å². The number of benzene rings is 2. The van der Waals surface area contributed by atoms with Crippen LogP contribution < -0.4 is 15.4 Å². The van der Waals surface area contributed by atoms with E-state index in [-0.39, 0.29) is 17.1 Å². The van der Waals surface area contributed by atoms with E-state index in [0.717, 1.165) is 15.2 Å². The maximum absolute atomic E-state index is 12.7. The van der Waals surface area contributed by atoms with Crippen molar-refractivity contribution in [3.05, 3.63) is 71.9 Å². The second-order valence-corrected chi connectivity index (χ2v) is 9.04. The first kappa shape index (κ1) is 21.8. The molecule has 0 aliphatic rings. The van der Waals surface area contributed by atoms with Crippen molar-refractivity contribution in [2.45, 2.75) is 17.2 Å². The number of para-hydroxylation sites is 2. The minimum absolute atomic E-state index is 0.149. The molecule has 2 N–H and O–H groups in total. The van der Waals surface area contributed by atoms with Gasteiger partial charge < -0.3 is 15.4 Å². The zero-order valence-electron chi connectivity index (χ0n) is 17.4. The van der Waals surface area contributed by atoms with Gasteiger partial charge in [0.25, 0.3) is 5.91 Å². The number of hydrogen-bond acceptors (Lipinski definition) is 7. The summed E-state index contributed by atoms with van der Waals surface area (Å²) in [6.07, 6.45) is 1.51. The second-order valence-electron chi connectivity index (χ2n) is 6.79. The maximum atomic E-state index is 12.7. The molecule has 0 aliphatic heterocycles. The standard InChI is InChI=1S/C23H20N4O3S2/c1-14(32-23-20-18(11-12-31-20)24-13-25-23)21(28)26-16-9-7-15(8-10-16)22(29)27-17-5-3-4-6-19(17)30-2/h3-14H,1-2H3,(H,26,28)(H,27,29). The van der Waals surface area contributed by atoms with Gasteiger partial charge in [0.2, 0.25) is 5.91 Å². The van der Waals surface area contributed by atoms with Gasteiger partial charge in [-0.15, -0.1) is 11.3 Å². The number of thiophene rings is 1. The fourth-order valence-electron chi connectivity index (χ4n) is 2.96. The zero-order valence-corrected chi connectivity index (χ0v) is 19.0. The number of thioether (sulfide) groups is 1. The molecule has 0 aliphatic carbocycles. The van der Waals surface area contributed by atoms with Crippen molar-refractivity contribution in [1.29, 1.82) is 0 Å². The third-order valence-electron chi connectivity index (χ3n) is 4.64. The average molecular weight is 465 g/mol. The normalized spacial score (nSPS) is 11.7. The Bertz CT molecular complexity index is 1260. The Morgan fingerprint density at radius 1 is 1.03 bits per heavy atom. The highest BCUT2D eigenvalue weighted by molar-refractivity contribution is 8.00. The highest BCUT2D eigenvalue weighted by Gasteiger charge is 2.18. The third-order valence-corrected chi connectivity index (χ3v) is 6.78. The molecule has 0 saturated heterocycles. The summed E-state index contributed by atoms with van der Waals surface area (Å²) in [5.74, 6) is 0.171. The number of fused-ring (bicyclic) bond motifs is 1. The van der Waals surface area contributed by atoms with E-state index in [9.17, 15) is 9.59 Å². The lowest BCUT2D eigenvalue weighted by molar-refractivity contribution is -0.115. The quantitative estimate of drug-likeness (QED) is 0.293. The molecule has 1 atom stereocenters. The molecule has 0 saturated carbocycles. The van der Waals surface area contributed by atoms with Gasteiger partial charge in [0.05, 0.1) is 28.3 Å². The van der Waals surface area contributed by atoms with E-state index >= 15 is 0 Å². The summed E-state index contributed by atoms with van der Waals surface area (Å²) in [5, 5.41) is 8.10. The molecular formula is C23H20N4O3S2. The number of amides is 2. The van der Waals surface area contributed by atoms with Crippen molar-refractivity contribution >= 4 is 56.5 Å². The molecule has 9 heteroatoms. The molecule has 0 spiro atoms. The summed E-state index contributed by atoms with van der Waals surface area (Å²) < 4.78 is 6.23. The van der Waals surface area contributed by atoms with Gasteiger partial charge in [0.1, 0.15) is 17.1 Å². The van der Waals surface area contributed by atoms with Crippen molar-refractivity contribution in [2.24, 2.45) is 0 Å². The lowest BCUT2D eigenvalue weighted by atomic mass is 10.2. The Labute approximate surface area is 193 Å². The highest BCUT2D eigenvalue weighted by Crippen LogP contribution is 2.31. The van der Waals surface area contributed by atoms with Crippen LogP contribution >= 0.6 is 23.1 Å². The predicted octanol–water partition coefficient (Wildman–Crippen LogP) is 5.07. The van der Waals surface area contributed by atoms with Crippen LogP contribution in [0, 0.1) is 0 Å². The average Bonchev–Trinajstić information content (AvgIpc) is 3.30. The number of hydrogen-bond donors (Lipinski definition) is 2. The van der Waals surface area contributed by atoms with Gasteiger partial charge in [-0.05, 0) is 54.8 Å². The molecule has 2 amide bonds. The van der Waals surface area contributed by atoms with Crippen LogP contribution in [0.4, 0.5) is 11.4 Å². The van der Waals surface area contributed by atoms with E-state index in [0.29, 0.717) is 22.7 Å². The molecule has 0 radical (unpaired) electrons. The number of methoxy groups -OCH3 is 1. The van der Waals surface area contributed by atoms with Crippen molar-refractivity contribution in [2.75, 3.05) is 17.7 Å². The van der Waals surface area contributed by atoms with Crippen LogP contribution in [0.5, 0.6) is 5.75 Å². The summed E-state index contributed by atoms with van der Waals surface area (Å²) >= 11 is 2.94. The van der Waals surface area contributed by atoms with Crippen LogP contribution in [0.3, 0.4) is 0 Å². The van der Waals surface area contributed by atoms with Crippen LogP contribution in [0.25, 0.3) is 10.2 Å². The van der Waals surface area contributed by atoms with Gasteiger partial charge in [-0.3, -0.25) is 9.59 Å². The monoisotopic (exact) mass is 464 g/mol. The topological polar surface area (TPSA) is 93.2 Å². The van der Waals surface area contributed by atoms with Gasteiger partial charge >= 0.3 is 0 Å². The number of nitrogens with zero attached hydrogens (tertiary/aromatic N) is 2. The number of carbonyl (C=O) groups excluding carboxylic acids is 2. The fraction of sp³-hybridized carbons (Fsp3) is 0.130. The van der Waals surface area contributed by atoms with E-state index in [1.807, 2.05) is 30.5 Å². The Balaban J connectivity index is 1.38. The molecule has 4 rings (SSSR count). The molecular weight excluding hydrogens is 444 g/mol. The molecule has 2 aromatic carbocycles. The lowest BCUT2D eigenvalue weighted by Crippen LogP contribution is -2.22. The molecule has 0 fully saturated rings. The zero-order chi connectivity index (χ0) is 22.5. The van der Waals surface area contributed by atoms with Crippen molar-refractivity contribution in [1.82, 2.24) is 9.97 Å². The SMILES string of the molecule is COc1ccccc1NC(=O)c1ccc(NC(=O)C(C)Sc2ncnc3ccsc23)cc1. The maximum Gasteiger partial charge on any atom is 0.255 e. The second kappa shape index (κ2) is 9.80. The molecule has 32 heavy (non-hydrogen) atoms. The Hall–Kier alpha value is -3.43. The highest BCUT2D eigenvalue weighted by atomic mass is 32.2. The molecule has 4 aromatic rings. The van der Waals surface area contributed by atoms with Crippen LogP contribution in [0.2, 0.25) is 0 Å². The van der Waals surface area contributed by atoms with Crippen molar-refractivity contribution < 1.29 is 14.3 Å². The number of anilines is 2. The first-order chi connectivity index (χ1) is 15.5. The van der Waals surface area contributed by atoms with Crippen LogP contribution in [0.15, 0.2) is 71.3 Å². The molecule has 162 valence electrons. The van der Waals surface area contributed by atoms with E-state index in [2.05, 4.69) is 20.6 Å². The molecule has 7 nitrogen and oxygen atoms in total. The summed E-state index contributed by atoms with van der Waals surface area (Å²) in [6, 6.07) is 15.9. The molecule has 1 unspecified atom stereocenters. The smallest absolute Gasteiger partial charge is 0.255 e. The minimum atomic E-state index is -0.358. The first-order valence-corrected chi connectivity index (χ1v) is 11.5. The lowest BCUT2D eigenvalue weighted by Gasteiger charge is -2.13. The van der Waals surface area contributed by atoms with Crippen LogP contribution in [0.1, 0.15) is 17.3 Å². The van der Waals surface area contributed by atoms with Gasteiger partial charge in [-0.1, -0.05) is 23.9 Å². The number of carbonyl (C=O) groups is 2. The molecule has 2 aromatic heterocycles. The van der Waals surface area contributed by atoms with E-state index in [1.165, 1.54) is 18.1 Å². The summed E-state index contributed by atoms with van der Waals surface area (Å²) in [5.41, 5.74) is 2.55. The van der Waals surface area contributed by atoms with Crippen LogP contribution in [-0.2, 0) is 4.79 Å². The summed E-state index contributed by atoms with van der Waals surface area (Å²) in [4.78, 5) is 33.7. The van der Waals surface area contributed by atoms with Crippen LogP contribution in [-0.4, -0.2) is 34.1 Å². The number of ether oxygens (including phenoxy) is 1. The molecule has 0 bridgehead atoms. The first-order valence-electron chi connectivity index (χ1n) is 9.75. The third kappa shape index (κ3) is 4.90. The summed E-state index contributed by atoms with van der Waals surface area (Å²) in [6.45, 7) is 1.83. The van der Waals surface area contributed by atoms with Gasteiger partial charge in [-0.2, -0.15) is 0 Å². The number of rotatable bonds is 7. The van der Waals surface area contributed by atoms with E-state index in [1.54, 1.807) is 54.8 Å². The van der Waals surface area contributed by atoms with Gasteiger partial charge in [0.15, 0.2) is 0 Å². The summed E-state index contributed by atoms with van der Waals surface area (Å²) in [7, 11) is 1.55. The van der Waals surface area contributed by atoms with Crippen molar-refractivity contribution in [3.63, 3.8) is 0 Å². The Morgan fingerprint density at radius 3 is 2.59 bits per heavy atom. The van der Waals surface area contributed by atoms with Gasteiger partial charge in [0, 0.05) is 11.3 Å². The minimum Gasteiger partial charge on any atom is -0.495 e. The number of aromatic nitrogens is 2. The van der Waals surface area contributed by atoms with Gasteiger partial charge in [-0.25, -0.2) is 9.97 Å². The fourth-order valence-corrected chi connectivity index (χ4v) is 4.80. The van der Waals surface area contributed by atoms with Crippen molar-refractivity contribution in [3.8, 4) is 5.75 Å².